The van der Waals surface area contributed by atoms with Crippen molar-refractivity contribution in [3.05, 3.63) is 0 Å². The monoisotopic (exact) mass is 152 g/mol. The largest absolute Gasteiger partial charge is 0.283 e. The topological polar surface area (TPSA) is 27.0 Å². The molecule has 0 aromatic carbocycles. The van der Waals surface area contributed by atoms with Crippen LogP contribution in [-0.2, 0) is 0 Å². The molecule has 0 radical (unpaired) electrons. The van der Waals surface area contributed by atoms with Gasteiger partial charge in [0.1, 0.15) is 5.54 Å². The quantitative estimate of drug-likeness (QED) is 0.572. The third-order valence-electron chi connectivity index (χ3n) is 2.54. The summed E-state index contributed by atoms with van der Waals surface area (Å²) in [6, 6.07) is 2.93. The molecule has 62 valence electrons. The van der Waals surface area contributed by atoms with E-state index in [1.807, 2.05) is 13.8 Å². The first kappa shape index (κ1) is 8.55. The molecule has 2 heteroatoms. The molecular formula is C9H16N2. The summed E-state index contributed by atoms with van der Waals surface area (Å²) >= 11 is 0. The lowest BCUT2D eigenvalue weighted by Gasteiger charge is -2.32. The Balaban J connectivity index is 2.68. The van der Waals surface area contributed by atoms with E-state index in [-0.39, 0.29) is 5.54 Å². The van der Waals surface area contributed by atoms with Crippen molar-refractivity contribution in [2.24, 2.45) is 0 Å². The van der Waals surface area contributed by atoms with Gasteiger partial charge in [0.05, 0.1) is 6.07 Å². The molecule has 1 rings (SSSR count). The van der Waals surface area contributed by atoms with Crippen LogP contribution in [0.3, 0.4) is 0 Å². The number of nitrogens with zero attached hydrogens (tertiary/aromatic N) is 2. The summed E-state index contributed by atoms with van der Waals surface area (Å²) in [7, 11) is 0. The fraction of sp³-hybridized carbons (Fsp3) is 0.889. The summed E-state index contributed by atoms with van der Waals surface area (Å²) in [5.41, 5.74) is -0.268. The lowest BCUT2D eigenvalue weighted by molar-refractivity contribution is 0.161. The second-order valence-electron chi connectivity index (χ2n) is 3.86. The standard InChI is InChI=1S/C9H16N2/c1-8-5-4-6-11(8)9(2,3)7-10/h8H,4-6H2,1-3H3. The van der Waals surface area contributed by atoms with Crippen LogP contribution in [0.5, 0.6) is 0 Å². The van der Waals surface area contributed by atoms with Gasteiger partial charge in [-0.3, -0.25) is 4.90 Å². The van der Waals surface area contributed by atoms with Crippen LogP contribution in [0.1, 0.15) is 33.6 Å². The molecule has 1 unspecified atom stereocenters. The zero-order valence-corrected chi connectivity index (χ0v) is 7.59. The van der Waals surface area contributed by atoms with Gasteiger partial charge in [-0.05, 0) is 40.2 Å². The van der Waals surface area contributed by atoms with Crippen LogP contribution in [-0.4, -0.2) is 23.0 Å². The molecule has 0 aromatic rings. The first-order valence-electron chi connectivity index (χ1n) is 4.26. The number of rotatable bonds is 1. The van der Waals surface area contributed by atoms with Crippen molar-refractivity contribution in [2.45, 2.75) is 45.2 Å². The Morgan fingerprint density at radius 2 is 2.18 bits per heavy atom. The van der Waals surface area contributed by atoms with Crippen LogP contribution in [0.4, 0.5) is 0 Å². The van der Waals surface area contributed by atoms with Crippen molar-refractivity contribution >= 4 is 0 Å². The van der Waals surface area contributed by atoms with Crippen molar-refractivity contribution < 1.29 is 0 Å². The molecule has 1 aliphatic heterocycles. The van der Waals surface area contributed by atoms with Crippen LogP contribution < -0.4 is 0 Å². The Hall–Kier alpha value is -0.550. The molecule has 0 N–H and O–H groups in total. The van der Waals surface area contributed by atoms with E-state index < -0.39 is 0 Å². The zero-order valence-electron chi connectivity index (χ0n) is 7.59. The molecule has 0 amide bonds. The molecule has 0 aromatic heterocycles. The van der Waals surface area contributed by atoms with E-state index in [0.29, 0.717) is 6.04 Å². The minimum Gasteiger partial charge on any atom is -0.283 e. The molecular weight excluding hydrogens is 136 g/mol. The zero-order chi connectivity index (χ0) is 8.48. The average molecular weight is 152 g/mol. The lowest BCUT2D eigenvalue weighted by Crippen LogP contribution is -2.44. The van der Waals surface area contributed by atoms with Gasteiger partial charge in [-0.1, -0.05) is 0 Å². The highest BCUT2D eigenvalue weighted by Gasteiger charge is 2.33. The minimum absolute atomic E-state index is 0.268. The number of likely N-dealkylation sites (tertiary alicyclic amines) is 1. The highest BCUT2D eigenvalue weighted by molar-refractivity contribution is 5.04. The minimum atomic E-state index is -0.268. The molecule has 0 spiro atoms. The van der Waals surface area contributed by atoms with E-state index >= 15 is 0 Å². The van der Waals surface area contributed by atoms with Crippen molar-refractivity contribution in [2.75, 3.05) is 6.54 Å². The Morgan fingerprint density at radius 3 is 2.55 bits per heavy atom. The van der Waals surface area contributed by atoms with E-state index in [0.717, 1.165) is 6.54 Å². The molecule has 11 heavy (non-hydrogen) atoms. The molecule has 0 aliphatic carbocycles. The number of hydrogen-bond donors (Lipinski definition) is 0. The van der Waals surface area contributed by atoms with Crippen LogP contribution >= 0.6 is 0 Å². The fourth-order valence-electron chi connectivity index (χ4n) is 1.83. The van der Waals surface area contributed by atoms with Gasteiger partial charge in [-0.2, -0.15) is 5.26 Å². The Kier molecular flexibility index (Phi) is 2.20. The molecule has 1 heterocycles. The Labute approximate surface area is 68.8 Å². The molecule has 1 saturated heterocycles. The van der Waals surface area contributed by atoms with Gasteiger partial charge >= 0.3 is 0 Å². The third-order valence-corrected chi connectivity index (χ3v) is 2.54. The third kappa shape index (κ3) is 1.54. The molecule has 1 aliphatic rings. The van der Waals surface area contributed by atoms with Gasteiger partial charge in [-0.25, -0.2) is 0 Å². The maximum Gasteiger partial charge on any atom is 0.103 e. The fourth-order valence-corrected chi connectivity index (χ4v) is 1.83. The van der Waals surface area contributed by atoms with Gasteiger partial charge < -0.3 is 0 Å². The summed E-state index contributed by atoms with van der Waals surface area (Å²) in [4.78, 5) is 2.28. The van der Waals surface area contributed by atoms with E-state index in [1.54, 1.807) is 0 Å². The normalized spacial score (nSPS) is 26.9. The van der Waals surface area contributed by atoms with Crippen LogP contribution in [0.25, 0.3) is 0 Å². The van der Waals surface area contributed by atoms with E-state index in [2.05, 4.69) is 17.9 Å². The highest BCUT2D eigenvalue weighted by atomic mass is 15.2. The first-order valence-corrected chi connectivity index (χ1v) is 4.26. The molecule has 1 atom stereocenters. The number of hydrogen-bond acceptors (Lipinski definition) is 2. The van der Waals surface area contributed by atoms with Gasteiger partial charge in [0, 0.05) is 6.04 Å². The molecule has 0 saturated carbocycles. The summed E-state index contributed by atoms with van der Waals surface area (Å²) in [5, 5.41) is 8.88. The van der Waals surface area contributed by atoms with Crippen molar-refractivity contribution in [3.8, 4) is 6.07 Å². The maximum atomic E-state index is 8.88. The van der Waals surface area contributed by atoms with Crippen molar-refractivity contribution in [1.29, 1.82) is 5.26 Å². The van der Waals surface area contributed by atoms with Crippen LogP contribution in [0.15, 0.2) is 0 Å². The average Bonchev–Trinajstić information content (AvgIpc) is 2.36. The summed E-state index contributed by atoms with van der Waals surface area (Å²) in [5.74, 6) is 0. The second-order valence-corrected chi connectivity index (χ2v) is 3.86. The van der Waals surface area contributed by atoms with Gasteiger partial charge in [-0.15, -0.1) is 0 Å². The number of nitriles is 1. The van der Waals surface area contributed by atoms with Crippen LogP contribution in [0, 0.1) is 11.3 Å². The van der Waals surface area contributed by atoms with E-state index in [1.165, 1.54) is 12.8 Å². The SMILES string of the molecule is CC1CCCN1C(C)(C)C#N. The van der Waals surface area contributed by atoms with Gasteiger partial charge in [0.15, 0.2) is 0 Å². The van der Waals surface area contributed by atoms with E-state index in [9.17, 15) is 0 Å². The van der Waals surface area contributed by atoms with Crippen molar-refractivity contribution in [1.82, 2.24) is 4.90 Å². The predicted octanol–water partition coefficient (Wildman–Crippen LogP) is 1.77. The highest BCUT2D eigenvalue weighted by Crippen LogP contribution is 2.25. The molecule has 2 nitrogen and oxygen atoms in total. The summed E-state index contributed by atoms with van der Waals surface area (Å²) in [6.07, 6.45) is 2.48. The Morgan fingerprint density at radius 1 is 1.55 bits per heavy atom. The predicted molar refractivity (Wildman–Crippen MR) is 45.1 cm³/mol. The van der Waals surface area contributed by atoms with Crippen molar-refractivity contribution in [3.63, 3.8) is 0 Å². The lowest BCUT2D eigenvalue weighted by atomic mass is 10.0. The smallest absolute Gasteiger partial charge is 0.103 e. The molecule has 0 bridgehead atoms. The Bertz CT molecular complexity index is 178. The van der Waals surface area contributed by atoms with Gasteiger partial charge in [0.25, 0.3) is 0 Å². The van der Waals surface area contributed by atoms with Gasteiger partial charge in [0.2, 0.25) is 0 Å². The molecule has 1 fully saturated rings. The second kappa shape index (κ2) is 2.83. The first-order chi connectivity index (χ1) is 5.08. The maximum absolute atomic E-state index is 8.88. The summed E-state index contributed by atoms with van der Waals surface area (Å²) < 4.78 is 0. The summed E-state index contributed by atoms with van der Waals surface area (Å²) in [6.45, 7) is 7.28. The van der Waals surface area contributed by atoms with Crippen LogP contribution in [0.2, 0.25) is 0 Å². The van der Waals surface area contributed by atoms with E-state index in [4.69, 9.17) is 5.26 Å².